The zero-order valence-electron chi connectivity index (χ0n) is 11.1. The highest BCUT2D eigenvalue weighted by molar-refractivity contribution is 5.91. The summed E-state index contributed by atoms with van der Waals surface area (Å²) in [5.74, 6) is 5.77. The first-order valence-electron chi connectivity index (χ1n) is 6.30. The molecule has 0 amide bonds. The van der Waals surface area contributed by atoms with E-state index in [1.807, 2.05) is 31.2 Å². The lowest BCUT2D eigenvalue weighted by Crippen LogP contribution is -2.04. The van der Waals surface area contributed by atoms with Gasteiger partial charge in [0, 0.05) is 5.92 Å². The third-order valence-corrected chi connectivity index (χ3v) is 2.44. The maximum Gasteiger partial charge on any atom is 0.390 e. The number of hydrogen-bond acceptors (Lipinski definition) is 3. The van der Waals surface area contributed by atoms with Crippen molar-refractivity contribution in [1.82, 2.24) is 0 Å². The molecule has 0 bridgehead atoms. The van der Waals surface area contributed by atoms with Gasteiger partial charge in [-0.05, 0) is 31.2 Å². The molecule has 0 atom stereocenters. The molecule has 0 fully saturated rings. The number of para-hydroxylation sites is 2. The third-order valence-electron chi connectivity index (χ3n) is 2.44. The van der Waals surface area contributed by atoms with Crippen molar-refractivity contribution in [2.75, 3.05) is 6.61 Å². The Morgan fingerprint density at radius 2 is 1.75 bits per heavy atom. The van der Waals surface area contributed by atoms with Crippen LogP contribution in [-0.4, -0.2) is 12.6 Å². The summed E-state index contributed by atoms with van der Waals surface area (Å²) < 4.78 is 10.5. The van der Waals surface area contributed by atoms with Gasteiger partial charge in [-0.3, -0.25) is 0 Å². The molecule has 0 aliphatic carbocycles. The van der Waals surface area contributed by atoms with Crippen molar-refractivity contribution in [1.29, 1.82) is 0 Å². The number of rotatable bonds is 3. The fraction of sp³-hybridized carbons (Fsp3) is 0.118. The molecule has 0 aliphatic rings. The first kappa shape index (κ1) is 13.7. The Bertz CT molecular complexity index is 636. The number of esters is 1. The summed E-state index contributed by atoms with van der Waals surface area (Å²) in [6, 6.07) is 16.2. The molecule has 2 rings (SSSR count). The van der Waals surface area contributed by atoms with Gasteiger partial charge >= 0.3 is 5.97 Å². The summed E-state index contributed by atoms with van der Waals surface area (Å²) in [6.07, 6.45) is 0. The monoisotopic (exact) mass is 266 g/mol. The molecule has 0 unspecified atom stereocenters. The Balaban J connectivity index is 2.09. The van der Waals surface area contributed by atoms with Crippen LogP contribution >= 0.6 is 0 Å². The van der Waals surface area contributed by atoms with Crippen LogP contribution in [0.5, 0.6) is 11.5 Å². The van der Waals surface area contributed by atoms with Crippen molar-refractivity contribution in [3.8, 4) is 23.3 Å². The van der Waals surface area contributed by atoms with Crippen LogP contribution in [0, 0.1) is 11.8 Å². The molecule has 2 aromatic rings. The molecule has 0 saturated heterocycles. The van der Waals surface area contributed by atoms with Crippen molar-refractivity contribution >= 4 is 5.97 Å². The zero-order chi connectivity index (χ0) is 14.2. The predicted octanol–water partition coefficient (Wildman–Crippen LogP) is 3.04. The van der Waals surface area contributed by atoms with Crippen LogP contribution in [0.1, 0.15) is 12.5 Å². The van der Waals surface area contributed by atoms with Gasteiger partial charge in [-0.25, -0.2) is 4.79 Å². The van der Waals surface area contributed by atoms with Crippen LogP contribution in [0.4, 0.5) is 0 Å². The normalized spacial score (nSPS) is 9.25. The Hall–Kier alpha value is -2.73. The molecule has 0 N–H and O–H groups in total. The molecule has 0 spiro atoms. The van der Waals surface area contributed by atoms with Gasteiger partial charge in [0.15, 0.2) is 0 Å². The van der Waals surface area contributed by atoms with E-state index in [0.717, 1.165) is 0 Å². The fourth-order valence-electron chi connectivity index (χ4n) is 1.59. The second-order valence-electron chi connectivity index (χ2n) is 3.88. The van der Waals surface area contributed by atoms with E-state index in [9.17, 15) is 4.79 Å². The minimum Gasteiger partial charge on any atom is -0.493 e. The molecule has 0 aromatic heterocycles. The van der Waals surface area contributed by atoms with Gasteiger partial charge in [0.05, 0.1) is 12.2 Å². The molecule has 0 aliphatic heterocycles. The molecule has 0 saturated carbocycles. The first-order valence-corrected chi connectivity index (χ1v) is 6.30. The average Bonchev–Trinajstić information content (AvgIpc) is 2.48. The van der Waals surface area contributed by atoms with Gasteiger partial charge in [-0.2, -0.15) is 0 Å². The minimum atomic E-state index is -0.595. The van der Waals surface area contributed by atoms with Gasteiger partial charge in [0.1, 0.15) is 11.5 Å². The number of carbonyl (C=O) groups excluding carboxylic acids is 1. The number of hydrogen-bond donors (Lipinski definition) is 0. The standard InChI is InChI=1S/C17H14O3/c1-2-19-16-11-7-6-8-14(16)12-13-17(18)20-15-9-4-3-5-10-15/h3-11H,2H2,1H3. The van der Waals surface area contributed by atoms with Gasteiger partial charge in [-0.15, -0.1) is 0 Å². The van der Waals surface area contributed by atoms with E-state index in [2.05, 4.69) is 11.8 Å². The van der Waals surface area contributed by atoms with E-state index >= 15 is 0 Å². The van der Waals surface area contributed by atoms with E-state index in [-0.39, 0.29) is 0 Å². The first-order chi connectivity index (χ1) is 9.79. The topological polar surface area (TPSA) is 35.5 Å². The Morgan fingerprint density at radius 1 is 1.05 bits per heavy atom. The molecule has 2 aromatic carbocycles. The molecule has 100 valence electrons. The average molecular weight is 266 g/mol. The highest BCUT2D eigenvalue weighted by Gasteiger charge is 2.01. The number of ether oxygens (including phenoxy) is 2. The smallest absolute Gasteiger partial charge is 0.390 e. The van der Waals surface area contributed by atoms with Gasteiger partial charge in [-0.1, -0.05) is 36.3 Å². The van der Waals surface area contributed by atoms with E-state index in [4.69, 9.17) is 9.47 Å². The third kappa shape index (κ3) is 3.89. The Morgan fingerprint density at radius 3 is 2.50 bits per heavy atom. The lowest BCUT2D eigenvalue weighted by Gasteiger charge is -2.04. The van der Waals surface area contributed by atoms with Gasteiger partial charge in [0.25, 0.3) is 0 Å². The van der Waals surface area contributed by atoms with Crippen molar-refractivity contribution in [3.05, 3.63) is 60.2 Å². The van der Waals surface area contributed by atoms with Crippen LogP contribution < -0.4 is 9.47 Å². The van der Waals surface area contributed by atoms with E-state index in [1.165, 1.54) is 0 Å². The summed E-state index contributed by atoms with van der Waals surface area (Å²) in [7, 11) is 0. The number of carbonyl (C=O) groups is 1. The molecule has 3 nitrogen and oxygen atoms in total. The summed E-state index contributed by atoms with van der Waals surface area (Å²) in [5, 5.41) is 0. The van der Waals surface area contributed by atoms with Crippen LogP contribution in [0.25, 0.3) is 0 Å². The van der Waals surface area contributed by atoms with Crippen molar-refractivity contribution in [3.63, 3.8) is 0 Å². The van der Waals surface area contributed by atoms with E-state index < -0.39 is 5.97 Å². The highest BCUT2D eigenvalue weighted by Crippen LogP contribution is 2.16. The maximum atomic E-state index is 11.6. The van der Waals surface area contributed by atoms with Crippen LogP contribution in [0.2, 0.25) is 0 Å². The Labute approximate surface area is 118 Å². The Kier molecular flexibility index (Phi) is 4.80. The quantitative estimate of drug-likeness (QED) is 0.486. The maximum absolute atomic E-state index is 11.6. The van der Waals surface area contributed by atoms with Gasteiger partial charge < -0.3 is 9.47 Å². The molecular formula is C17H14O3. The zero-order valence-corrected chi connectivity index (χ0v) is 11.1. The largest absolute Gasteiger partial charge is 0.493 e. The number of benzene rings is 2. The fourth-order valence-corrected chi connectivity index (χ4v) is 1.59. The minimum absolute atomic E-state index is 0.477. The predicted molar refractivity (Wildman–Crippen MR) is 76.6 cm³/mol. The molecule has 3 heteroatoms. The SMILES string of the molecule is CCOc1ccccc1C#CC(=O)Oc1ccccc1. The summed E-state index contributed by atoms with van der Waals surface area (Å²) in [4.78, 5) is 11.6. The lowest BCUT2D eigenvalue weighted by molar-refractivity contribution is -0.128. The summed E-state index contributed by atoms with van der Waals surface area (Å²) in [5.41, 5.74) is 0.666. The highest BCUT2D eigenvalue weighted by atomic mass is 16.5. The molecule has 0 radical (unpaired) electrons. The summed E-state index contributed by atoms with van der Waals surface area (Å²) in [6.45, 7) is 2.45. The van der Waals surface area contributed by atoms with E-state index in [0.29, 0.717) is 23.7 Å². The van der Waals surface area contributed by atoms with Crippen molar-refractivity contribution < 1.29 is 14.3 Å². The van der Waals surface area contributed by atoms with Crippen LogP contribution in [0.3, 0.4) is 0 Å². The van der Waals surface area contributed by atoms with Crippen molar-refractivity contribution in [2.45, 2.75) is 6.92 Å². The second kappa shape index (κ2) is 7.01. The molecular weight excluding hydrogens is 252 g/mol. The lowest BCUT2D eigenvalue weighted by atomic mass is 10.2. The molecule has 0 heterocycles. The second-order valence-corrected chi connectivity index (χ2v) is 3.88. The van der Waals surface area contributed by atoms with Crippen molar-refractivity contribution in [2.24, 2.45) is 0 Å². The summed E-state index contributed by atoms with van der Waals surface area (Å²) >= 11 is 0. The van der Waals surface area contributed by atoms with Gasteiger partial charge in [0.2, 0.25) is 0 Å². The van der Waals surface area contributed by atoms with E-state index in [1.54, 1.807) is 30.3 Å². The van der Waals surface area contributed by atoms with Crippen LogP contribution in [0.15, 0.2) is 54.6 Å². The molecule has 20 heavy (non-hydrogen) atoms. The van der Waals surface area contributed by atoms with Crippen LogP contribution in [-0.2, 0) is 4.79 Å².